The minimum absolute atomic E-state index is 0.0977. The summed E-state index contributed by atoms with van der Waals surface area (Å²) in [5.41, 5.74) is 1.54. The number of aromatic nitrogens is 3. The Morgan fingerprint density at radius 1 is 1.03 bits per heavy atom. The first kappa shape index (κ1) is 19.1. The molecule has 0 bridgehead atoms. The number of hydrogen-bond donors (Lipinski definition) is 0. The van der Waals surface area contributed by atoms with Crippen LogP contribution >= 0.6 is 22.7 Å². The Hall–Kier alpha value is -2.88. The fourth-order valence-electron chi connectivity index (χ4n) is 3.53. The Balaban J connectivity index is 1.29. The number of amides is 1. The number of rotatable bonds is 4. The van der Waals surface area contributed by atoms with E-state index in [2.05, 4.69) is 15.0 Å². The van der Waals surface area contributed by atoms with Crippen LogP contribution in [0.3, 0.4) is 0 Å². The lowest BCUT2D eigenvalue weighted by Gasteiger charge is -2.34. The maximum Gasteiger partial charge on any atom is 0.275 e. The SMILES string of the molecule is O=C(c1cccs1)N1CCN(Cc2cc(=O)n3nc(-c4ccccc4)sc3n2)CC1. The second kappa shape index (κ2) is 8.10. The van der Waals surface area contributed by atoms with E-state index in [9.17, 15) is 9.59 Å². The standard InChI is InChI=1S/C21H19N5O2S2/c27-18-13-16(22-21-26(18)23-19(30-21)15-5-2-1-3-6-15)14-24-8-10-25(11-9-24)20(28)17-7-4-12-29-17/h1-7,12-13H,8-11,14H2. The second-order valence-corrected chi connectivity index (χ2v) is 9.00. The predicted molar refractivity (Wildman–Crippen MR) is 118 cm³/mol. The van der Waals surface area contributed by atoms with Gasteiger partial charge in [0, 0.05) is 44.4 Å². The van der Waals surface area contributed by atoms with Crippen molar-refractivity contribution in [1.29, 1.82) is 0 Å². The maximum atomic E-state index is 12.6. The number of hydrogen-bond acceptors (Lipinski definition) is 7. The van der Waals surface area contributed by atoms with Gasteiger partial charge in [0.05, 0.1) is 10.6 Å². The molecule has 1 amide bonds. The molecule has 4 heterocycles. The van der Waals surface area contributed by atoms with Gasteiger partial charge in [0.1, 0.15) is 5.01 Å². The van der Waals surface area contributed by atoms with Gasteiger partial charge in [-0.2, -0.15) is 9.61 Å². The van der Waals surface area contributed by atoms with Crippen molar-refractivity contribution >= 4 is 33.5 Å². The molecular weight excluding hydrogens is 418 g/mol. The summed E-state index contributed by atoms with van der Waals surface area (Å²) in [5.74, 6) is 0.0977. The Bertz CT molecular complexity index is 1230. The lowest BCUT2D eigenvalue weighted by molar-refractivity contribution is 0.0632. The van der Waals surface area contributed by atoms with E-state index in [1.54, 1.807) is 6.07 Å². The molecule has 30 heavy (non-hydrogen) atoms. The number of thiophene rings is 1. The van der Waals surface area contributed by atoms with Crippen molar-refractivity contribution in [3.05, 3.63) is 74.8 Å². The first-order valence-electron chi connectivity index (χ1n) is 9.68. The molecule has 4 aromatic rings. The van der Waals surface area contributed by atoms with E-state index in [1.165, 1.54) is 27.2 Å². The van der Waals surface area contributed by atoms with Gasteiger partial charge in [-0.1, -0.05) is 47.7 Å². The number of carbonyl (C=O) groups is 1. The molecule has 5 rings (SSSR count). The fraction of sp³-hybridized carbons (Fsp3) is 0.238. The quantitative estimate of drug-likeness (QED) is 0.491. The summed E-state index contributed by atoms with van der Waals surface area (Å²) in [4.78, 5) is 35.2. The monoisotopic (exact) mass is 437 g/mol. The smallest absolute Gasteiger partial charge is 0.275 e. The molecular formula is C21H19N5O2S2. The summed E-state index contributed by atoms with van der Waals surface area (Å²) in [6.45, 7) is 3.46. The van der Waals surface area contributed by atoms with Crippen molar-refractivity contribution in [3.63, 3.8) is 0 Å². The van der Waals surface area contributed by atoms with Gasteiger partial charge in [0.25, 0.3) is 11.5 Å². The highest BCUT2D eigenvalue weighted by Gasteiger charge is 2.23. The van der Waals surface area contributed by atoms with Crippen molar-refractivity contribution in [2.75, 3.05) is 26.2 Å². The molecule has 1 aliphatic heterocycles. The second-order valence-electron chi connectivity index (χ2n) is 7.10. The van der Waals surface area contributed by atoms with Crippen LogP contribution in [0.4, 0.5) is 0 Å². The first-order chi connectivity index (χ1) is 14.7. The van der Waals surface area contributed by atoms with Crippen LogP contribution in [-0.2, 0) is 6.54 Å². The van der Waals surface area contributed by atoms with E-state index >= 15 is 0 Å². The fourth-order valence-corrected chi connectivity index (χ4v) is 5.15. The highest BCUT2D eigenvalue weighted by molar-refractivity contribution is 7.19. The van der Waals surface area contributed by atoms with E-state index in [0.29, 0.717) is 24.6 Å². The third-order valence-electron chi connectivity index (χ3n) is 5.10. The van der Waals surface area contributed by atoms with Gasteiger partial charge in [0.15, 0.2) is 0 Å². The third kappa shape index (κ3) is 3.79. The molecule has 7 nitrogen and oxygen atoms in total. The molecule has 3 aromatic heterocycles. The molecule has 152 valence electrons. The van der Waals surface area contributed by atoms with Crippen LogP contribution in [0.1, 0.15) is 15.4 Å². The maximum absolute atomic E-state index is 12.6. The Labute approximate surface area is 180 Å². The van der Waals surface area contributed by atoms with E-state index < -0.39 is 0 Å². The van der Waals surface area contributed by atoms with Gasteiger partial charge in [-0.25, -0.2) is 4.98 Å². The zero-order chi connectivity index (χ0) is 20.5. The normalized spacial score (nSPS) is 15.0. The summed E-state index contributed by atoms with van der Waals surface area (Å²) in [6.07, 6.45) is 0. The van der Waals surface area contributed by atoms with Crippen LogP contribution in [0, 0.1) is 0 Å². The van der Waals surface area contributed by atoms with Crippen molar-refractivity contribution < 1.29 is 4.79 Å². The third-order valence-corrected chi connectivity index (χ3v) is 6.91. The van der Waals surface area contributed by atoms with Gasteiger partial charge >= 0.3 is 0 Å². The molecule has 0 radical (unpaired) electrons. The van der Waals surface area contributed by atoms with Gasteiger partial charge in [-0.05, 0) is 11.4 Å². The van der Waals surface area contributed by atoms with Gasteiger partial charge in [0.2, 0.25) is 4.96 Å². The predicted octanol–water partition coefficient (Wildman–Crippen LogP) is 2.84. The molecule has 0 unspecified atom stereocenters. The van der Waals surface area contributed by atoms with Gasteiger partial charge < -0.3 is 4.90 Å². The molecule has 1 fully saturated rings. The van der Waals surface area contributed by atoms with Crippen LogP contribution in [0.15, 0.2) is 58.7 Å². The van der Waals surface area contributed by atoms with Crippen molar-refractivity contribution in [2.24, 2.45) is 0 Å². The van der Waals surface area contributed by atoms with E-state index in [-0.39, 0.29) is 11.5 Å². The zero-order valence-electron chi connectivity index (χ0n) is 16.1. The summed E-state index contributed by atoms with van der Waals surface area (Å²) in [7, 11) is 0. The van der Waals surface area contributed by atoms with Gasteiger partial charge in [-0.15, -0.1) is 11.3 Å². The Morgan fingerprint density at radius 3 is 2.57 bits per heavy atom. The average molecular weight is 438 g/mol. The molecule has 1 aliphatic rings. The van der Waals surface area contributed by atoms with Gasteiger partial charge in [-0.3, -0.25) is 14.5 Å². The number of nitrogens with zero attached hydrogens (tertiary/aromatic N) is 5. The molecule has 0 aliphatic carbocycles. The zero-order valence-corrected chi connectivity index (χ0v) is 17.7. The molecule has 9 heteroatoms. The lowest BCUT2D eigenvalue weighted by atomic mass is 10.2. The van der Waals surface area contributed by atoms with Crippen LogP contribution in [0.2, 0.25) is 0 Å². The molecule has 1 aromatic carbocycles. The van der Waals surface area contributed by atoms with Crippen molar-refractivity contribution in [2.45, 2.75) is 6.54 Å². The average Bonchev–Trinajstić information content (AvgIpc) is 3.45. The molecule has 0 saturated carbocycles. The number of benzene rings is 1. The van der Waals surface area contributed by atoms with Crippen LogP contribution in [0.25, 0.3) is 15.5 Å². The summed E-state index contributed by atoms with van der Waals surface area (Å²) in [6, 6.07) is 15.1. The minimum atomic E-state index is -0.167. The first-order valence-corrected chi connectivity index (χ1v) is 11.4. The van der Waals surface area contributed by atoms with E-state index in [4.69, 9.17) is 0 Å². The lowest BCUT2D eigenvalue weighted by Crippen LogP contribution is -2.48. The van der Waals surface area contributed by atoms with Crippen LogP contribution in [-0.4, -0.2) is 56.5 Å². The van der Waals surface area contributed by atoms with E-state index in [1.807, 2.05) is 52.7 Å². The van der Waals surface area contributed by atoms with Crippen molar-refractivity contribution in [1.82, 2.24) is 24.4 Å². The van der Waals surface area contributed by atoms with Crippen LogP contribution in [0.5, 0.6) is 0 Å². The highest BCUT2D eigenvalue weighted by atomic mass is 32.1. The molecule has 0 spiro atoms. The topological polar surface area (TPSA) is 70.8 Å². The highest BCUT2D eigenvalue weighted by Crippen LogP contribution is 2.24. The number of carbonyl (C=O) groups excluding carboxylic acids is 1. The van der Waals surface area contributed by atoms with Crippen LogP contribution < -0.4 is 5.56 Å². The molecule has 0 atom stereocenters. The molecule has 1 saturated heterocycles. The summed E-state index contributed by atoms with van der Waals surface area (Å²) < 4.78 is 1.37. The molecule has 0 N–H and O–H groups in total. The minimum Gasteiger partial charge on any atom is -0.335 e. The van der Waals surface area contributed by atoms with E-state index in [0.717, 1.165) is 34.2 Å². The number of piperazine rings is 1. The van der Waals surface area contributed by atoms with Crippen molar-refractivity contribution in [3.8, 4) is 10.6 Å². The number of fused-ring (bicyclic) bond motifs is 1. The Kier molecular flexibility index (Phi) is 5.16. The summed E-state index contributed by atoms with van der Waals surface area (Å²) >= 11 is 2.89. The largest absolute Gasteiger partial charge is 0.335 e. The summed E-state index contributed by atoms with van der Waals surface area (Å²) in [5, 5.41) is 7.13. The Morgan fingerprint density at radius 2 is 1.83 bits per heavy atom.